The van der Waals surface area contributed by atoms with Gasteiger partial charge in [-0.1, -0.05) is 11.6 Å². The molecular weight excluding hydrogens is 202 g/mol. The molecule has 0 fully saturated rings. The lowest BCUT2D eigenvalue weighted by Gasteiger charge is -2.23. The number of ether oxygens (including phenoxy) is 1. The van der Waals surface area contributed by atoms with E-state index in [4.69, 9.17) is 22.1 Å². The van der Waals surface area contributed by atoms with Crippen LogP contribution in [0, 0.1) is 0 Å². The summed E-state index contributed by atoms with van der Waals surface area (Å²) in [6.45, 7) is 3.60. The molecule has 1 rings (SSSR count). The van der Waals surface area contributed by atoms with Gasteiger partial charge in [-0.3, -0.25) is 0 Å². The van der Waals surface area contributed by atoms with Gasteiger partial charge in [0.05, 0.1) is 7.11 Å². The molecule has 0 aromatic heterocycles. The van der Waals surface area contributed by atoms with Crippen LogP contribution in [0.5, 0.6) is 11.5 Å². The highest BCUT2D eigenvalue weighted by Gasteiger charge is 2.24. The molecule has 0 amide bonds. The standard InChI is InChI=1S/C10H14ClNO2/c1-10(2,12)8-6(11)4-5-7(13)9(8)14-3/h4-5,13H,12H2,1-3H3. The first-order valence-electron chi connectivity index (χ1n) is 4.22. The fourth-order valence-corrected chi connectivity index (χ4v) is 1.75. The van der Waals surface area contributed by atoms with Crippen LogP contribution in [0.1, 0.15) is 19.4 Å². The molecule has 0 unspecified atom stereocenters. The topological polar surface area (TPSA) is 55.5 Å². The summed E-state index contributed by atoms with van der Waals surface area (Å²) in [5.41, 5.74) is 5.89. The Bertz CT molecular complexity index is 345. The second-order valence-corrected chi connectivity index (χ2v) is 4.10. The van der Waals surface area contributed by atoms with Crippen molar-refractivity contribution in [2.24, 2.45) is 5.73 Å². The maximum absolute atomic E-state index is 9.54. The minimum absolute atomic E-state index is 0.0467. The highest BCUT2D eigenvalue weighted by molar-refractivity contribution is 6.31. The molecule has 0 atom stereocenters. The quantitative estimate of drug-likeness (QED) is 0.796. The van der Waals surface area contributed by atoms with Crippen molar-refractivity contribution in [1.82, 2.24) is 0 Å². The fourth-order valence-electron chi connectivity index (χ4n) is 1.35. The third-order valence-corrected chi connectivity index (χ3v) is 2.25. The largest absolute Gasteiger partial charge is 0.504 e. The van der Waals surface area contributed by atoms with E-state index in [1.165, 1.54) is 13.2 Å². The van der Waals surface area contributed by atoms with Gasteiger partial charge in [0.15, 0.2) is 11.5 Å². The zero-order chi connectivity index (χ0) is 10.9. The van der Waals surface area contributed by atoms with E-state index in [0.29, 0.717) is 16.3 Å². The number of methoxy groups -OCH3 is 1. The van der Waals surface area contributed by atoms with Crippen LogP contribution in [0.25, 0.3) is 0 Å². The number of nitrogens with two attached hydrogens (primary N) is 1. The molecule has 0 aliphatic rings. The van der Waals surface area contributed by atoms with Crippen molar-refractivity contribution >= 4 is 11.6 Å². The van der Waals surface area contributed by atoms with Crippen molar-refractivity contribution in [3.05, 3.63) is 22.7 Å². The van der Waals surface area contributed by atoms with Gasteiger partial charge in [0, 0.05) is 16.1 Å². The van der Waals surface area contributed by atoms with Crippen molar-refractivity contribution in [2.75, 3.05) is 7.11 Å². The molecule has 3 N–H and O–H groups in total. The smallest absolute Gasteiger partial charge is 0.166 e. The lowest BCUT2D eigenvalue weighted by molar-refractivity contribution is 0.358. The predicted octanol–water partition coefficient (Wildman–Crippen LogP) is 2.25. The molecule has 0 aliphatic heterocycles. The first kappa shape index (κ1) is 11.1. The zero-order valence-electron chi connectivity index (χ0n) is 8.47. The summed E-state index contributed by atoms with van der Waals surface area (Å²) >= 11 is 5.99. The molecule has 0 radical (unpaired) electrons. The minimum Gasteiger partial charge on any atom is -0.504 e. The average Bonchev–Trinajstić information content (AvgIpc) is 2.06. The van der Waals surface area contributed by atoms with E-state index in [1.54, 1.807) is 19.9 Å². The molecule has 0 heterocycles. The molecule has 14 heavy (non-hydrogen) atoms. The second-order valence-electron chi connectivity index (χ2n) is 3.70. The van der Waals surface area contributed by atoms with Crippen LogP contribution in [0.15, 0.2) is 12.1 Å². The van der Waals surface area contributed by atoms with Crippen molar-refractivity contribution in [2.45, 2.75) is 19.4 Å². The Morgan fingerprint density at radius 2 is 2.00 bits per heavy atom. The SMILES string of the molecule is COc1c(O)ccc(Cl)c1C(C)(C)N. The van der Waals surface area contributed by atoms with E-state index >= 15 is 0 Å². The third-order valence-electron chi connectivity index (χ3n) is 1.93. The van der Waals surface area contributed by atoms with Gasteiger partial charge in [0.1, 0.15) is 0 Å². The Morgan fingerprint density at radius 1 is 1.43 bits per heavy atom. The van der Waals surface area contributed by atoms with E-state index in [2.05, 4.69) is 0 Å². The zero-order valence-corrected chi connectivity index (χ0v) is 9.22. The average molecular weight is 216 g/mol. The fraction of sp³-hybridized carbons (Fsp3) is 0.400. The van der Waals surface area contributed by atoms with Gasteiger partial charge in [-0.2, -0.15) is 0 Å². The van der Waals surface area contributed by atoms with E-state index in [1.807, 2.05) is 0 Å². The number of phenolic OH excluding ortho intramolecular Hbond substituents is 1. The molecule has 0 saturated carbocycles. The van der Waals surface area contributed by atoms with Crippen LogP contribution >= 0.6 is 11.6 Å². The van der Waals surface area contributed by atoms with Gasteiger partial charge in [-0.25, -0.2) is 0 Å². The summed E-state index contributed by atoms with van der Waals surface area (Å²) in [4.78, 5) is 0. The molecule has 0 spiro atoms. The number of hydrogen-bond acceptors (Lipinski definition) is 3. The van der Waals surface area contributed by atoms with Gasteiger partial charge >= 0.3 is 0 Å². The lowest BCUT2D eigenvalue weighted by Crippen LogP contribution is -2.29. The van der Waals surface area contributed by atoms with Crippen LogP contribution < -0.4 is 10.5 Å². The Hall–Kier alpha value is -0.930. The predicted molar refractivity (Wildman–Crippen MR) is 56.9 cm³/mol. The van der Waals surface area contributed by atoms with Crippen molar-refractivity contribution in [3.8, 4) is 11.5 Å². The summed E-state index contributed by atoms with van der Waals surface area (Å²) in [7, 11) is 1.47. The summed E-state index contributed by atoms with van der Waals surface area (Å²) in [6.07, 6.45) is 0. The summed E-state index contributed by atoms with van der Waals surface area (Å²) in [5.74, 6) is 0.385. The first-order chi connectivity index (χ1) is 6.38. The Balaban J connectivity index is 3.46. The number of rotatable bonds is 2. The third kappa shape index (κ3) is 1.94. The molecule has 1 aromatic carbocycles. The van der Waals surface area contributed by atoms with Crippen molar-refractivity contribution in [1.29, 1.82) is 0 Å². The van der Waals surface area contributed by atoms with Crippen molar-refractivity contribution < 1.29 is 9.84 Å². The monoisotopic (exact) mass is 215 g/mol. The van der Waals surface area contributed by atoms with Gasteiger partial charge in [-0.15, -0.1) is 0 Å². The molecule has 0 bridgehead atoms. The molecule has 4 heteroatoms. The van der Waals surface area contributed by atoms with Gasteiger partial charge in [0.2, 0.25) is 0 Å². The Kier molecular flexibility index (Phi) is 2.92. The number of halogens is 1. The number of benzene rings is 1. The van der Waals surface area contributed by atoms with Gasteiger partial charge in [0.25, 0.3) is 0 Å². The van der Waals surface area contributed by atoms with E-state index in [9.17, 15) is 5.11 Å². The van der Waals surface area contributed by atoms with Gasteiger partial charge in [-0.05, 0) is 26.0 Å². The van der Waals surface area contributed by atoms with E-state index in [0.717, 1.165) is 0 Å². The molecule has 1 aromatic rings. The Labute approximate surface area is 88.4 Å². The molecular formula is C10H14ClNO2. The molecule has 3 nitrogen and oxygen atoms in total. The second kappa shape index (κ2) is 3.67. The highest BCUT2D eigenvalue weighted by Crippen LogP contribution is 2.40. The van der Waals surface area contributed by atoms with Crippen molar-refractivity contribution in [3.63, 3.8) is 0 Å². The van der Waals surface area contributed by atoms with Crippen LogP contribution in [0.3, 0.4) is 0 Å². The van der Waals surface area contributed by atoms with Crippen LogP contribution in [0.2, 0.25) is 5.02 Å². The van der Waals surface area contributed by atoms with Gasteiger partial charge < -0.3 is 15.6 Å². The minimum atomic E-state index is -0.652. The van der Waals surface area contributed by atoms with E-state index in [-0.39, 0.29) is 5.75 Å². The maximum Gasteiger partial charge on any atom is 0.166 e. The van der Waals surface area contributed by atoms with Crippen LogP contribution in [-0.2, 0) is 5.54 Å². The highest BCUT2D eigenvalue weighted by atomic mass is 35.5. The normalized spacial score (nSPS) is 11.5. The van der Waals surface area contributed by atoms with Crippen LogP contribution in [0.4, 0.5) is 0 Å². The van der Waals surface area contributed by atoms with E-state index < -0.39 is 5.54 Å². The maximum atomic E-state index is 9.54. The lowest BCUT2D eigenvalue weighted by atomic mass is 9.94. The summed E-state index contributed by atoms with van der Waals surface area (Å²) in [5, 5.41) is 10.0. The summed E-state index contributed by atoms with van der Waals surface area (Å²) in [6, 6.07) is 3.08. The number of hydrogen-bond donors (Lipinski definition) is 2. The number of aromatic hydroxyl groups is 1. The van der Waals surface area contributed by atoms with Crippen LogP contribution in [-0.4, -0.2) is 12.2 Å². The first-order valence-corrected chi connectivity index (χ1v) is 4.60. The molecule has 78 valence electrons. The molecule has 0 saturated heterocycles. The Morgan fingerprint density at radius 3 is 2.36 bits per heavy atom. The summed E-state index contributed by atoms with van der Waals surface area (Å²) < 4.78 is 5.07. The molecule has 0 aliphatic carbocycles. The number of phenols is 1.